The van der Waals surface area contributed by atoms with Crippen LogP contribution in [-0.4, -0.2) is 11.1 Å². The Labute approximate surface area is 100 Å². The first-order valence-corrected chi connectivity index (χ1v) is 2.20. The van der Waals surface area contributed by atoms with Gasteiger partial charge in [0.1, 0.15) is 0 Å². The first-order chi connectivity index (χ1) is 2.73. The molecular weight excluding hydrogens is 323 g/mol. The van der Waals surface area contributed by atoms with Crippen molar-refractivity contribution in [1.82, 2.24) is 0 Å². The quantitative estimate of drug-likeness (QED) is 0.376. The van der Waals surface area contributed by atoms with Crippen LogP contribution in [0.1, 0.15) is 0 Å². The van der Waals surface area contributed by atoms with E-state index in [0.29, 0.717) is 0 Å². The molecule has 0 fully saturated rings. The summed E-state index contributed by atoms with van der Waals surface area (Å²) >= 11 is 14.4. The van der Waals surface area contributed by atoms with Crippen LogP contribution in [0.4, 0.5) is 0 Å². The van der Waals surface area contributed by atoms with Gasteiger partial charge in [-0.25, -0.2) is 0 Å². The van der Waals surface area contributed by atoms with Crippen molar-refractivity contribution in [3.8, 4) is 0 Å². The minimum atomic E-state index is -0.750. The third-order valence-corrected chi connectivity index (χ3v) is 0. The van der Waals surface area contributed by atoms with Gasteiger partial charge in [-0.2, -0.15) is 0 Å². The van der Waals surface area contributed by atoms with Gasteiger partial charge < -0.3 is 4.79 Å². The molecule has 0 aliphatic carbocycles. The Balaban J connectivity index is -0.00000000990. The molecule has 0 aliphatic rings. The molecule has 0 aliphatic heterocycles. The molecule has 3 radical (unpaired) electrons. The number of hydrogen-bond acceptors (Lipinski definition) is 1. The van der Waals surface area contributed by atoms with E-state index < -0.39 is 4.30 Å². The Bertz CT molecular complexity index is 28.3. The van der Waals surface area contributed by atoms with Crippen molar-refractivity contribution in [1.29, 1.82) is 0 Å². The molecule has 0 aromatic carbocycles. The van der Waals surface area contributed by atoms with Gasteiger partial charge in [0.25, 0.3) is 0 Å². The van der Waals surface area contributed by atoms with E-state index in [4.69, 9.17) is 39.6 Å². The molecule has 0 bridgehead atoms. The maximum absolute atomic E-state index is 7.75. The largest absolute Gasteiger partial charge is 0.545 e. The molecule has 0 unspecified atom stereocenters. The molecule has 7 heteroatoms. The SMILES string of the molecule is ClC(Cl)Cl.[CH-]=O.[Co].[Co].[Co]. The summed E-state index contributed by atoms with van der Waals surface area (Å²) in [7, 11) is 0. The van der Waals surface area contributed by atoms with Crippen molar-refractivity contribution in [2.45, 2.75) is 4.30 Å². The average Bonchev–Trinajstić information content (AvgIpc) is 1.41. The van der Waals surface area contributed by atoms with Crippen LogP contribution in [-0.2, 0) is 55.1 Å². The normalized spacial score (nSPS) is 4.44. The van der Waals surface area contributed by atoms with Gasteiger partial charge in [-0.15, -0.1) is 0 Å². The smallest absolute Gasteiger partial charge is 0.180 e. The van der Waals surface area contributed by atoms with Crippen LogP contribution >= 0.6 is 34.8 Å². The summed E-state index contributed by atoms with van der Waals surface area (Å²) < 4.78 is -0.750. The summed E-state index contributed by atoms with van der Waals surface area (Å²) in [5.41, 5.74) is 0. The fraction of sp³-hybridized carbons (Fsp3) is 0.500. The van der Waals surface area contributed by atoms with Gasteiger partial charge in [0.2, 0.25) is 0 Å². The van der Waals surface area contributed by atoms with Crippen molar-refractivity contribution in [2.75, 3.05) is 0 Å². The Morgan fingerprint density at radius 2 is 0.889 bits per heavy atom. The first kappa shape index (κ1) is 30.5. The summed E-state index contributed by atoms with van der Waals surface area (Å²) in [5.74, 6) is 0. The van der Waals surface area contributed by atoms with Crippen LogP contribution < -0.4 is 0 Å². The number of alkyl halides is 3. The minimum Gasteiger partial charge on any atom is -0.545 e. The number of rotatable bonds is 0. The van der Waals surface area contributed by atoms with Crippen molar-refractivity contribution in [3.63, 3.8) is 0 Å². The van der Waals surface area contributed by atoms with E-state index in [9.17, 15) is 0 Å². The molecule has 0 heterocycles. The maximum atomic E-state index is 7.75. The van der Waals surface area contributed by atoms with E-state index in [2.05, 4.69) is 6.79 Å². The van der Waals surface area contributed by atoms with E-state index in [0.717, 1.165) is 0 Å². The zero-order chi connectivity index (χ0) is 5.58. The van der Waals surface area contributed by atoms with Crippen LogP contribution in [0.2, 0.25) is 0 Å². The predicted molar refractivity (Wildman–Crippen MR) is 28.1 cm³/mol. The molecule has 0 saturated heterocycles. The Morgan fingerprint density at radius 1 is 0.889 bits per heavy atom. The van der Waals surface area contributed by atoms with Gasteiger partial charge in [-0.3, -0.25) is 6.79 Å². The molecule has 0 aromatic heterocycles. The summed E-state index contributed by atoms with van der Waals surface area (Å²) in [6.45, 7) is 3.25. The zero-order valence-electron chi connectivity index (χ0n) is 3.70. The molecular formula is C2H2Cl3Co3O-. The Hall–Kier alpha value is 2.06. The summed E-state index contributed by atoms with van der Waals surface area (Å²) in [6.07, 6.45) is 0. The van der Waals surface area contributed by atoms with Crippen molar-refractivity contribution in [2.24, 2.45) is 0 Å². The number of halogens is 3. The van der Waals surface area contributed by atoms with Crippen molar-refractivity contribution < 1.29 is 55.1 Å². The van der Waals surface area contributed by atoms with E-state index in [1.807, 2.05) is 0 Å². The molecule has 9 heavy (non-hydrogen) atoms. The molecule has 0 rings (SSSR count). The molecule has 0 spiro atoms. The second kappa shape index (κ2) is 32.3. The second-order valence-corrected chi connectivity index (χ2v) is 2.23. The molecule has 0 saturated carbocycles. The van der Waals surface area contributed by atoms with E-state index in [-0.39, 0.29) is 50.3 Å². The van der Waals surface area contributed by atoms with Crippen LogP contribution in [0.5, 0.6) is 0 Å². The summed E-state index contributed by atoms with van der Waals surface area (Å²) in [4.78, 5) is 7.75. The fourth-order valence-corrected chi connectivity index (χ4v) is 0. The monoisotopic (exact) mass is 324 g/mol. The molecule has 0 atom stereocenters. The van der Waals surface area contributed by atoms with Gasteiger partial charge in [0.05, 0.1) is 0 Å². The summed E-state index contributed by atoms with van der Waals surface area (Å²) in [5, 5.41) is 0. The topological polar surface area (TPSA) is 17.1 Å². The predicted octanol–water partition coefficient (Wildman–Crippen LogP) is 1.70. The fourth-order valence-electron chi connectivity index (χ4n) is 0. The van der Waals surface area contributed by atoms with Crippen LogP contribution in [0.15, 0.2) is 0 Å². The van der Waals surface area contributed by atoms with Crippen LogP contribution in [0.3, 0.4) is 0 Å². The minimum absolute atomic E-state index is 0. The van der Waals surface area contributed by atoms with Gasteiger partial charge in [0, 0.05) is 50.3 Å². The van der Waals surface area contributed by atoms with E-state index in [1.54, 1.807) is 0 Å². The van der Waals surface area contributed by atoms with Crippen molar-refractivity contribution in [3.05, 3.63) is 0 Å². The Morgan fingerprint density at radius 3 is 0.889 bits per heavy atom. The first-order valence-electron chi connectivity index (χ1n) is 0.890. The maximum Gasteiger partial charge on any atom is 0.180 e. The van der Waals surface area contributed by atoms with E-state index >= 15 is 0 Å². The molecule has 0 aromatic rings. The van der Waals surface area contributed by atoms with Crippen molar-refractivity contribution >= 4 is 41.6 Å². The average molecular weight is 325 g/mol. The third-order valence-electron chi connectivity index (χ3n) is 0. The number of carbonyl (C=O) groups excluding carboxylic acids is 1. The van der Waals surface area contributed by atoms with Gasteiger partial charge in [0.15, 0.2) is 4.30 Å². The van der Waals surface area contributed by atoms with E-state index in [1.165, 1.54) is 0 Å². The second-order valence-electron chi connectivity index (χ2n) is 0.247. The third kappa shape index (κ3) is 154. The standard InChI is InChI=1S/CHCl3.CHO.3Co/c2-1(3)4;1-2;;;/h1H;1H;;;/q;-1;;;. The van der Waals surface area contributed by atoms with Gasteiger partial charge >= 0.3 is 0 Å². The van der Waals surface area contributed by atoms with Gasteiger partial charge in [-0.05, 0) is 0 Å². The Kier molecular flexibility index (Phi) is 109. The number of hydrogen-bond donors (Lipinski definition) is 0. The molecule has 1 nitrogen and oxygen atoms in total. The zero-order valence-corrected chi connectivity index (χ0v) is 9.09. The molecule has 65 valence electrons. The molecule has 0 amide bonds. The molecule has 0 N–H and O–H groups in total. The summed E-state index contributed by atoms with van der Waals surface area (Å²) in [6, 6.07) is 0. The van der Waals surface area contributed by atoms with Gasteiger partial charge in [-0.1, -0.05) is 34.8 Å². The van der Waals surface area contributed by atoms with Crippen LogP contribution in [0, 0.1) is 0 Å². The van der Waals surface area contributed by atoms with Crippen LogP contribution in [0.25, 0.3) is 0 Å².